The molecule has 0 bridgehead atoms. The summed E-state index contributed by atoms with van der Waals surface area (Å²) in [5.74, 6) is 1.20. The summed E-state index contributed by atoms with van der Waals surface area (Å²) in [5.41, 5.74) is 1.88. The zero-order valence-electron chi connectivity index (χ0n) is 9.87. The van der Waals surface area contributed by atoms with E-state index in [4.69, 9.17) is 0 Å². The van der Waals surface area contributed by atoms with Gasteiger partial charge in [0.25, 0.3) is 0 Å². The van der Waals surface area contributed by atoms with Gasteiger partial charge in [0, 0.05) is 30.8 Å². The lowest BCUT2D eigenvalue weighted by Crippen LogP contribution is -2.45. The van der Waals surface area contributed by atoms with E-state index in [-0.39, 0.29) is 0 Å². The summed E-state index contributed by atoms with van der Waals surface area (Å²) in [4.78, 5) is 6.85. The van der Waals surface area contributed by atoms with E-state index in [1.165, 1.54) is 30.6 Å². The van der Waals surface area contributed by atoms with Gasteiger partial charge in [-0.2, -0.15) is 0 Å². The van der Waals surface area contributed by atoms with Crippen LogP contribution in [0, 0.1) is 0 Å². The van der Waals surface area contributed by atoms with E-state index in [1.807, 2.05) is 6.20 Å². The summed E-state index contributed by atoms with van der Waals surface area (Å²) in [6.45, 7) is 3.44. The van der Waals surface area contributed by atoms with Gasteiger partial charge in [0.2, 0.25) is 0 Å². The normalized spacial score (nSPS) is 23.2. The Hall–Kier alpha value is -1.09. The third-order valence-electron chi connectivity index (χ3n) is 4.21. The van der Waals surface area contributed by atoms with Crippen LogP contribution in [0.3, 0.4) is 0 Å². The molecule has 1 saturated heterocycles. The van der Waals surface area contributed by atoms with E-state index in [0.29, 0.717) is 5.41 Å². The van der Waals surface area contributed by atoms with Crippen molar-refractivity contribution in [1.29, 1.82) is 0 Å². The molecule has 1 fully saturated rings. The fourth-order valence-corrected chi connectivity index (χ4v) is 3.16. The summed E-state index contributed by atoms with van der Waals surface area (Å²) in [6, 6.07) is 4.37. The highest BCUT2D eigenvalue weighted by molar-refractivity contribution is 5.53. The van der Waals surface area contributed by atoms with Crippen molar-refractivity contribution < 1.29 is 0 Å². The van der Waals surface area contributed by atoms with Crippen LogP contribution in [0.4, 0.5) is 5.82 Å². The standard InChI is InChI=1S/C13H19N3/c1-16-10-6-13(4-8-14-9-5-13)11-3-2-7-15-12(11)16/h2-3,7,14H,4-6,8-10H2,1H3. The number of aromatic nitrogens is 1. The number of piperidine rings is 1. The number of pyridine rings is 1. The van der Waals surface area contributed by atoms with E-state index in [9.17, 15) is 0 Å². The Morgan fingerprint density at radius 2 is 2.12 bits per heavy atom. The minimum atomic E-state index is 0.404. The Labute approximate surface area is 96.9 Å². The Morgan fingerprint density at radius 3 is 2.94 bits per heavy atom. The topological polar surface area (TPSA) is 28.2 Å². The second-order valence-electron chi connectivity index (χ2n) is 5.08. The van der Waals surface area contributed by atoms with Crippen LogP contribution in [-0.4, -0.2) is 31.7 Å². The van der Waals surface area contributed by atoms with Crippen LogP contribution < -0.4 is 10.2 Å². The molecule has 16 heavy (non-hydrogen) atoms. The number of hydrogen-bond acceptors (Lipinski definition) is 3. The lowest BCUT2D eigenvalue weighted by molar-refractivity contribution is 0.281. The molecule has 2 aliphatic heterocycles. The molecule has 3 rings (SSSR count). The molecule has 0 radical (unpaired) electrons. The van der Waals surface area contributed by atoms with Crippen LogP contribution >= 0.6 is 0 Å². The Balaban J connectivity index is 2.06. The largest absolute Gasteiger partial charge is 0.359 e. The molecule has 1 spiro atoms. The number of fused-ring (bicyclic) bond motifs is 2. The smallest absolute Gasteiger partial charge is 0.132 e. The highest BCUT2D eigenvalue weighted by atomic mass is 15.2. The van der Waals surface area contributed by atoms with Crippen molar-refractivity contribution in [2.75, 3.05) is 31.6 Å². The van der Waals surface area contributed by atoms with Gasteiger partial charge in [0.1, 0.15) is 5.82 Å². The van der Waals surface area contributed by atoms with Gasteiger partial charge in [0.15, 0.2) is 0 Å². The van der Waals surface area contributed by atoms with Crippen molar-refractivity contribution >= 4 is 5.82 Å². The number of hydrogen-bond donors (Lipinski definition) is 1. The van der Waals surface area contributed by atoms with Crippen molar-refractivity contribution in [3.8, 4) is 0 Å². The molecule has 1 N–H and O–H groups in total. The predicted octanol–water partition coefficient (Wildman–Crippen LogP) is 1.54. The summed E-state index contributed by atoms with van der Waals surface area (Å²) >= 11 is 0. The predicted molar refractivity (Wildman–Crippen MR) is 65.9 cm³/mol. The van der Waals surface area contributed by atoms with Crippen LogP contribution in [0.5, 0.6) is 0 Å². The Kier molecular flexibility index (Phi) is 2.36. The van der Waals surface area contributed by atoms with Gasteiger partial charge in [-0.25, -0.2) is 4.98 Å². The fraction of sp³-hybridized carbons (Fsp3) is 0.615. The van der Waals surface area contributed by atoms with Gasteiger partial charge in [-0.3, -0.25) is 0 Å². The second kappa shape index (κ2) is 3.74. The molecule has 0 amide bonds. The lowest BCUT2D eigenvalue weighted by atomic mass is 9.69. The number of rotatable bonds is 0. The van der Waals surface area contributed by atoms with Crippen LogP contribution in [0.2, 0.25) is 0 Å². The molecule has 0 aromatic carbocycles. The van der Waals surface area contributed by atoms with Crippen LogP contribution in [-0.2, 0) is 5.41 Å². The molecular formula is C13H19N3. The third-order valence-corrected chi connectivity index (χ3v) is 4.21. The van der Waals surface area contributed by atoms with Gasteiger partial charge in [-0.15, -0.1) is 0 Å². The van der Waals surface area contributed by atoms with Crippen molar-refractivity contribution in [1.82, 2.24) is 10.3 Å². The van der Waals surface area contributed by atoms with E-state index < -0.39 is 0 Å². The summed E-state index contributed by atoms with van der Waals surface area (Å²) in [5, 5.41) is 3.46. The summed E-state index contributed by atoms with van der Waals surface area (Å²) < 4.78 is 0. The minimum absolute atomic E-state index is 0.404. The van der Waals surface area contributed by atoms with Crippen LogP contribution in [0.15, 0.2) is 18.3 Å². The molecule has 86 valence electrons. The van der Waals surface area contributed by atoms with Crippen molar-refractivity contribution in [2.45, 2.75) is 24.7 Å². The lowest BCUT2D eigenvalue weighted by Gasteiger charge is -2.44. The third kappa shape index (κ3) is 1.42. The highest BCUT2D eigenvalue weighted by Gasteiger charge is 2.39. The van der Waals surface area contributed by atoms with E-state index >= 15 is 0 Å². The van der Waals surface area contributed by atoms with Crippen LogP contribution in [0.1, 0.15) is 24.8 Å². The van der Waals surface area contributed by atoms with Crippen molar-refractivity contribution in [2.24, 2.45) is 0 Å². The van der Waals surface area contributed by atoms with E-state index in [1.54, 1.807) is 0 Å². The second-order valence-corrected chi connectivity index (χ2v) is 5.08. The SMILES string of the molecule is CN1CCC2(CCNCC2)c2cccnc21. The first-order valence-electron chi connectivity index (χ1n) is 6.19. The zero-order chi connectivity index (χ0) is 11.0. The van der Waals surface area contributed by atoms with Crippen LogP contribution in [0.25, 0.3) is 0 Å². The first kappa shape index (κ1) is 10.1. The summed E-state index contributed by atoms with van der Waals surface area (Å²) in [6.07, 6.45) is 5.72. The van der Waals surface area contributed by atoms with Gasteiger partial charge in [-0.1, -0.05) is 6.07 Å². The monoisotopic (exact) mass is 217 g/mol. The molecule has 0 atom stereocenters. The molecule has 1 aromatic heterocycles. The average Bonchev–Trinajstić information content (AvgIpc) is 2.36. The molecule has 3 heteroatoms. The molecular weight excluding hydrogens is 198 g/mol. The minimum Gasteiger partial charge on any atom is -0.359 e. The maximum Gasteiger partial charge on any atom is 0.132 e. The number of nitrogens with one attached hydrogen (secondary N) is 1. The molecule has 0 unspecified atom stereocenters. The van der Waals surface area contributed by atoms with Gasteiger partial charge in [0.05, 0.1) is 0 Å². The Bertz CT molecular complexity index is 383. The molecule has 1 aromatic rings. The quantitative estimate of drug-likeness (QED) is 0.714. The first-order valence-corrected chi connectivity index (χ1v) is 6.19. The van der Waals surface area contributed by atoms with E-state index in [0.717, 1.165) is 19.6 Å². The van der Waals surface area contributed by atoms with Gasteiger partial charge >= 0.3 is 0 Å². The number of nitrogens with zero attached hydrogens (tertiary/aromatic N) is 2. The van der Waals surface area contributed by atoms with Gasteiger partial charge < -0.3 is 10.2 Å². The first-order chi connectivity index (χ1) is 7.82. The van der Waals surface area contributed by atoms with Crippen molar-refractivity contribution in [3.05, 3.63) is 23.9 Å². The number of anilines is 1. The molecule has 0 aliphatic carbocycles. The van der Waals surface area contributed by atoms with Crippen molar-refractivity contribution in [3.63, 3.8) is 0 Å². The Morgan fingerprint density at radius 1 is 1.31 bits per heavy atom. The average molecular weight is 217 g/mol. The molecule has 3 nitrogen and oxygen atoms in total. The summed E-state index contributed by atoms with van der Waals surface area (Å²) in [7, 11) is 2.15. The maximum absolute atomic E-state index is 4.56. The molecule has 3 heterocycles. The zero-order valence-corrected chi connectivity index (χ0v) is 9.87. The molecule has 0 saturated carbocycles. The van der Waals surface area contributed by atoms with Gasteiger partial charge in [-0.05, 0) is 38.4 Å². The highest BCUT2D eigenvalue weighted by Crippen LogP contribution is 2.43. The van der Waals surface area contributed by atoms with E-state index in [2.05, 4.69) is 34.4 Å². The molecule has 2 aliphatic rings. The maximum atomic E-state index is 4.56. The fourth-order valence-electron chi connectivity index (χ4n) is 3.16.